The molecule has 0 saturated carbocycles. The summed E-state index contributed by atoms with van der Waals surface area (Å²) in [7, 11) is 0. The van der Waals surface area contributed by atoms with Crippen molar-refractivity contribution < 1.29 is 14.3 Å². The van der Waals surface area contributed by atoms with Gasteiger partial charge >= 0.3 is 5.97 Å². The van der Waals surface area contributed by atoms with Crippen molar-refractivity contribution in [1.29, 1.82) is 0 Å². The predicted molar refractivity (Wildman–Crippen MR) is 68.2 cm³/mol. The molecule has 0 N–H and O–H groups in total. The van der Waals surface area contributed by atoms with E-state index in [-0.39, 0.29) is 12.2 Å². The third-order valence-corrected chi connectivity index (χ3v) is 2.51. The lowest BCUT2D eigenvalue weighted by Gasteiger charge is -2.02. The van der Waals surface area contributed by atoms with Crippen LogP contribution in [0.2, 0.25) is 0 Å². The Balaban J connectivity index is 2.25. The number of aromatic nitrogens is 1. The van der Waals surface area contributed by atoms with Crippen molar-refractivity contribution in [3.63, 3.8) is 0 Å². The molecule has 1 aromatic heterocycles. The molecule has 0 amide bonds. The Bertz CT molecular complexity index is 415. The Kier molecular flexibility index (Phi) is 6.05. The molecular weight excluding hydrogens is 230 g/mol. The number of hydrogen-bond donors (Lipinski definition) is 0. The minimum Gasteiger partial charge on any atom is -0.466 e. The van der Waals surface area contributed by atoms with Crippen LogP contribution in [0.5, 0.6) is 0 Å². The molecule has 1 rings (SSSR count). The van der Waals surface area contributed by atoms with Gasteiger partial charge in [0.25, 0.3) is 0 Å². The van der Waals surface area contributed by atoms with Gasteiger partial charge in [-0.05, 0) is 44.4 Å². The zero-order valence-electron chi connectivity index (χ0n) is 10.9. The second kappa shape index (κ2) is 7.58. The number of nitrogens with zero attached hydrogens (tertiary/aromatic N) is 1. The minimum atomic E-state index is -0.434. The molecule has 4 nitrogen and oxygen atoms in total. The molecule has 0 aliphatic carbocycles. The van der Waals surface area contributed by atoms with Crippen LogP contribution in [-0.4, -0.2) is 23.3 Å². The Morgan fingerprint density at radius 2 is 2.17 bits per heavy atom. The maximum Gasteiger partial charge on any atom is 0.313 e. The quantitative estimate of drug-likeness (QED) is 0.549. The molecule has 0 atom stereocenters. The zero-order valence-corrected chi connectivity index (χ0v) is 10.9. The maximum atomic E-state index is 11.5. The van der Waals surface area contributed by atoms with E-state index >= 15 is 0 Å². The van der Waals surface area contributed by atoms with E-state index in [1.54, 1.807) is 13.1 Å². The van der Waals surface area contributed by atoms with Crippen molar-refractivity contribution >= 4 is 11.8 Å². The molecule has 0 saturated heterocycles. The Labute approximate surface area is 107 Å². The molecule has 0 unspecified atom stereocenters. The summed E-state index contributed by atoms with van der Waals surface area (Å²) >= 11 is 0. The van der Waals surface area contributed by atoms with E-state index in [2.05, 4.69) is 4.98 Å². The van der Waals surface area contributed by atoms with Gasteiger partial charge in [-0.25, -0.2) is 0 Å². The molecule has 4 heteroatoms. The Hall–Kier alpha value is -1.71. The first-order valence-electron chi connectivity index (χ1n) is 6.20. The smallest absolute Gasteiger partial charge is 0.313 e. The van der Waals surface area contributed by atoms with E-state index in [1.807, 2.05) is 19.1 Å². The second-order valence-electron chi connectivity index (χ2n) is 4.20. The fraction of sp³-hybridized carbons (Fsp3) is 0.500. The molecular formula is C14H19NO3. The lowest BCUT2D eigenvalue weighted by molar-refractivity contribution is -0.145. The van der Waals surface area contributed by atoms with Gasteiger partial charge in [0.1, 0.15) is 12.2 Å². The molecule has 0 bridgehead atoms. The van der Waals surface area contributed by atoms with Crippen LogP contribution < -0.4 is 0 Å². The highest BCUT2D eigenvalue weighted by molar-refractivity contribution is 5.95. The van der Waals surface area contributed by atoms with E-state index in [1.165, 1.54) is 0 Å². The number of carbonyl (C=O) groups is 2. The van der Waals surface area contributed by atoms with Crippen molar-refractivity contribution in [2.75, 3.05) is 6.61 Å². The van der Waals surface area contributed by atoms with Gasteiger partial charge in [-0.1, -0.05) is 0 Å². The summed E-state index contributed by atoms with van der Waals surface area (Å²) in [5.74, 6) is -0.503. The molecule has 1 heterocycles. The number of pyridine rings is 1. The second-order valence-corrected chi connectivity index (χ2v) is 4.20. The van der Waals surface area contributed by atoms with Crippen molar-refractivity contribution in [1.82, 2.24) is 4.98 Å². The molecule has 98 valence electrons. The molecule has 0 aromatic carbocycles. The van der Waals surface area contributed by atoms with Gasteiger partial charge in [0.15, 0.2) is 0 Å². The summed E-state index contributed by atoms with van der Waals surface area (Å²) in [6.07, 6.45) is 3.53. The zero-order chi connectivity index (χ0) is 13.4. The highest BCUT2D eigenvalue weighted by Gasteiger charge is 2.09. The van der Waals surface area contributed by atoms with E-state index in [4.69, 9.17) is 4.74 Å². The van der Waals surface area contributed by atoms with Gasteiger partial charge in [-0.15, -0.1) is 0 Å². The number of ether oxygens (including phenoxy) is 1. The normalized spacial score (nSPS) is 10.1. The standard InChI is InChI=1S/C14H19NO3/c1-3-18-14(17)10-13(16)6-4-5-12-9-11(2)7-8-15-12/h7-9H,3-6,10H2,1-2H3. The largest absolute Gasteiger partial charge is 0.466 e. The van der Waals surface area contributed by atoms with Gasteiger partial charge in [0.05, 0.1) is 6.61 Å². The SMILES string of the molecule is CCOC(=O)CC(=O)CCCc1cc(C)ccn1. The summed E-state index contributed by atoms with van der Waals surface area (Å²) in [5, 5.41) is 0. The van der Waals surface area contributed by atoms with Crippen LogP contribution in [-0.2, 0) is 20.7 Å². The molecule has 18 heavy (non-hydrogen) atoms. The van der Waals surface area contributed by atoms with Crippen LogP contribution in [0.4, 0.5) is 0 Å². The first-order valence-corrected chi connectivity index (χ1v) is 6.20. The van der Waals surface area contributed by atoms with E-state index in [0.29, 0.717) is 19.4 Å². The van der Waals surface area contributed by atoms with Crippen LogP contribution in [0.1, 0.15) is 37.4 Å². The average Bonchev–Trinajstić information content (AvgIpc) is 2.29. The summed E-state index contributed by atoms with van der Waals surface area (Å²) in [6.45, 7) is 4.06. The predicted octanol–water partition coefficient (Wildman–Crippen LogP) is 2.24. The summed E-state index contributed by atoms with van der Waals surface area (Å²) < 4.78 is 4.72. The number of rotatable bonds is 7. The Morgan fingerprint density at radius 3 is 2.83 bits per heavy atom. The fourth-order valence-electron chi connectivity index (χ4n) is 1.66. The van der Waals surface area contributed by atoms with Gasteiger partial charge in [-0.3, -0.25) is 14.6 Å². The Morgan fingerprint density at radius 1 is 1.39 bits per heavy atom. The number of hydrogen-bond acceptors (Lipinski definition) is 4. The first kappa shape index (κ1) is 14.4. The lowest BCUT2D eigenvalue weighted by Crippen LogP contribution is -2.11. The number of esters is 1. The molecule has 0 aliphatic rings. The van der Waals surface area contributed by atoms with Crippen LogP contribution >= 0.6 is 0 Å². The highest BCUT2D eigenvalue weighted by Crippen LogP contribution is 2.06. The average molecular weight is 249 g/mol. The lowest BCUT2D eigenvalue weighted by atomic mass is 10.1. The molecule has 0 fully saturated rings. The van der Waals surface area contributed by atoms with Crippen LogP contribution in [0.15, 0.2) is 18.3 Å². The third-order valence-electron chi connectivity index (χ3n) is 2.51. The molecule has 0 spiro atoms. The van der Waals surface area contributed by atoms with Crippen LogP contribution in [0.25, 0.3) is 0 Å². The van der Waals surface area contributed by atoms with Crippen molar-refractivity contribution in [3.8, 4) is 0 Å². The van der Waals surface area contributed by atoms with Crippen molar-refractivity contribution in [2.45, 2.75) is 39.5 Å². The maximum absolute atomic E-state index is 11.5. The topological polar surface area (TPSA) is 56.3 Å². The minimum absolute atomic E-state index is 0.0684. The monoisotopic (exact) mass is 249 g/mol. The molecule has 1 aromatic rings. The number of Topliss-reactive ketones (excluding diaryl/α,β-unsaturated/α-hetero) is 1. The third kappa shape index (κ3) is 5.57. The van der Waals surface area contributed by atoms with E-state index in [9.17, 15) is 9.59 Å². The van der Waals surface area contributed by atoms with E-state index in [0.717, 1.165) is 17.7 Å². The molecule has 0 radical (unpaired) electrons. The number of ketones is 1. The molecule has 0 aliphatic heterocycles. The number of aryl methyl sites for hydroxylation is 2. The van der Waals surface area contributed by atoms with E-state index < -0.39 is 5.97 Å². The highest BCUT2D eigenvalue weighted by atomic mass is 16.5. The number of carbonyl (C=O) groups excluding carboxylic acids is 2. The fourth-order valence-corrected chi connectivity index (χ4v) is 1.66. The summed E-state index contributed by atoms with van der Waals surface area (Å²) in [5.41, 5.74) is 2.15. The van der Waals surface area contributed by atoms with Gasteiger partial charge in [0, 0.05) is 18.3 Å². The van der Waals surface area contributed by atoms with Gasteiger partial charge in [-0.2, -0.15) is 0 Å². The van der Waals surface area contributed by atoms with Crippen molar-refractivity contribution in [2.24, 2.45) is 0 Å². The van der Waals surface area contributed by atoms with Crippen LogP contribution in [0.3, 0.4) is 0 Å². The van der Waals surface area contributed by atoms with Gasteiger partial charge in [0.2, 0.25) is 0 Å². The summed E-state index contributed by atoms with van der Waals surface area (Å²) in [4.78, 5) is 26.8. The van der Waals surface area contributed by atoms with Gasteiger partial charge < -0.3 is 4.74 Å². The van der Waals surface area contributed by atoms with Crippen LogP contribution in [0, 0.1) is 6.92 Å². The summed E-state index contributed by atoms with van der Waals surface area (Å²) in [6, 6.07) is 3.95. The first-order chi connectivity index (χ1) is 8.61. The van der Waals surface area contributed by atoms with Crippen molar-refractivity contribution in [3.05, 3.63) is 29.6 Å².